The number of fused-ring (bicyclic) bond motifs is 3. The Bertz CT molecular complexity index is 1130. The summed E-state index contributed by atoms with van der Waals surface area (Å²) >= 11 is 4.50. The number of carbonyl (C=O) groups excluding carboxylic acids is 2. The van der Waals surface area contributed by atoms with Gasteiger partial charge in [-0.25, -0.2) is 0 Å². The third kappa shape index (κ3) is 3.10. The van der Waals surface area contributed by atoms with E-state index in [1.165, 1.54) is 0 Å². The number of carbonyl (C=O) groups is 2. The van der Waals surface area contributed by atoms with E-state index in [1.807, 2.05) is 42.5 Å². The highest BCUT2D eigenvalue weighted by molar-refractivity contribution is 14.1. The maximum Gasteiger partial charge on any atom is 0.254 e. The molecule has 3 aliphatic carbocycles. The molecule has 2 bridgehead atoms. The maximum atomic E-state index is 13.1. The molecule has 2 saturated carbocycles. The number of hydrazone groups is 1. The zero-order valence-electron chi connectivity index (χ0n) is 17.1. The van der Waals surface area contributed by atoms with Gasteiger partial charge in [0.2, 0.25) is 0 Å². The number of hydrogen-bond donors (Lipinski definition) is 0. The van der Waals surface area contributed by atoms with E-state index >= 15 is 0 Å². The predicted octanol–water partition coefficient (Wildman–Crippen LogP) is 5.01. The molecule has 6 rings (SSSR count). The Morgan fingerprint density at radius 3 is 2.16 bits per heavy atom. The van der Waals surface area contributed by atoms with Gasteiger partial charge < -0.3 is 4.74 Å². The summed E-state index contributed by atoms with van der Waals surface area (Å²) in [5, 5.41) is 5.46. The quantitative estimate of drug-likeness (QED) is 0.198. The summed E-state index contributed by atoms with van der Waals surface area (Å²) in [5.74, 6) is 0.567. The van der Waals surface area contributed by atoms with Gasteiger partial charge in [-0.2, -0.15) is 10.1 Å². The molecule has 0 radical (unpaired) electrons. The molecule has 162 valence electrons. The van der Waals surface area contributed by atoms with Crippen molar-refractivity contribution in [2.45, 2.75) is 19.4 Å². The summed E-state index contributed by atoms with van der Waals surface area (Å²) < 4.78 is 7.96. The number of ether oxygens (including phenoxy) is 1. The van der Waals surface area contributed by atoms with E-state index in [0.29, 0.717) is 6.61 Å². The van der Waals surface area contributed by atoms with E-state index in [-0.39, 0.29) is 40.9 Å². The highest BCUT2D eigenvalue weighted by Gasteiger charge is 2.73. The van der Waals surface area contributed by atoms with Gasteiger partial charge in [0.1, 0.15) is 12.4 Å². The van der Waals surface area contributed by atoms with Gasteiger partial charge in [0.25, 0.3) is 11.8 Å². The fourth-order valence-electron chi connectivity index (χ4n) is 5.82. The topological polar surface area (TPSA) is 59.0 Å². The molecule has 1 heterocycles. The number of hydrogen-bond acceptors (Lipinski definition) is 4. The lowest BCUT2D eigenvalue weighted by molar-refractivity contribution is -0.141. The van der Waals surface area contributed by atoms with Crippen LogP contribution >= 0.6 is 45.2 Å². The summed E-state index contributed by atoms with van der Waals surface area (Å²) in [5.41, 5.74) is 2.15. The molecular weight excluding hydrogens is 630 g/mol. The van der Waals surface area contributed by atoms with E-state index < -0.39 is 0 Å². The largest absolute Gasteiger partial charge is 0.487 e. The van der Waals surface area contributed by atoms with E-state index in [9.17, 15) is 9.59 Å². The third-order valence-corrected chi connectivity index (χ3v) is 9.00. The minimum Gasteiger partial charge on any atom is -0.487 e. The Balaban J connectivity index is 1.19. The van der Waals surface area contributed by atoms with Crippen LogP contribution in [0.3, 0.4) is 0 Å². The Morgan fingerprint density at radius 2 is 1.59 bits per heavy atom. The molecule has 2 aromatic rings. The fourth-order valence-corrected chi connectivity index (χ4v) is 7.95. The van der Waals surface area contributed by atoms with Crippen LogP contribution in [0.25, 0.3) is 0 Å². The van der Waals surface area contributed by atoms with Crippen molar-refractivity contribution in [2.75, 3.05) is 0 Å². The molecule has 5 nitrogen and oxygen atoms in total. The number of nitrogens with zero attached hydrogens (tertiary/aromatic N) is 2. The fraction of sp³-hybridized carbons (Fsp3) is 0.320. The summed E-state index contributed by atoms with van der Waals surface area (Å²) in [7, 11) is 0. The number of allylic oxidation sites excluding steroid dienone is 2. The van der Waals surface area contributed by atoms with Crippen LogP contribution in [-0.2, 0) is 16.2 Å². The lowest BCUT2D eigenvalue weighted by Gasteiger charge is -2.18. The van der Waals surface area contributed by atoms with Crippen LogP contribution < -0.4 is 4.74 Å². The van der Waals surface area contributed by atoms with Gasteiger partial charge in [-0.05, 0) is 98.5 Å². The minimum atomic E-state index is -0.216. The van der Waals surface area contributed by atoms with Crippen molar-refractivity contribution in [3.05, 3.63) is 72.9 Å². The van der Waals surface area contributed by atoms with Crippen LogP contribution in [0.5, 0.6) is 5.75 Å². The lowest BCUT2D eigenvalue weighted by Crippen LogP contribution is -2.30. The van der Waals surface area contributed by atoms with Crippen LogP contribution in [0.15, 0.2) is 59.7 Å². The van der Waals surface area contributed by atoms with Crippen LogP contribution in [0.1, 0.15) is 24.0 Å². The van der Waals surface area contributed by atoms with Crippen molar-refractivity contribution in [3.63, 3.8) is 0 Å². The molecular formula is C25H20I2N2O3. The number of benzene rings is 2. The Hall–Kier alpha value is -1.75. The van der Waals surface area contributed by atoms with Crippen molar-refractivity contribution in [1.82, 2.24) is 5.01 Å². The summed E-state index contributed by atoms with van der Waals surface area (Å²) in [6.07, 6.45) is 8.25. The zero-order chi connectivity index (χ0) is 22.0. The maximum absolute atomic E-state index is 13.1. The zero-order valence-corrected chi connectivity index (χ0v) is 21.4. The SMILES string of the molecule is O=C1[C@@H]2[C@H](C(=O)N1/N=C\c1cc(I)c(OCc3ccccc3)c(I)c1)[C@H]1C=C[C@H]2C12CC2. The van der Waals surface area contributed by atoms with E-state index in [0.717, 1.165) is 41.9 Å². The molecule has 2 aromatic carbocycles. The van der Waals surface area contributed by atoms with E-state index in [1.54, 1.807) is 6.21 Å². The lowest BCUT2D eigenvalue weighted by atomic mass is 9.85. The van der Waals surface area contributed by atoms with Crippen molar-refractivity contribution >= 4 is 63.2 Å². The first-order valence-electron chi connectivity index (χ1n) is 10.8. The minimum absolute atomic E-state index is 0.133. The van der Waals surface area contributed by atoms with Crippen molar-refractivity contribution in [1.29, 1.82) is 0 Å². The van der Waals surface area contributed by atoms with Crippen LogP contribution in [0, 0.1) is 36.2 Å². The van der Waals surface area contributed by atoms with Gasteiger partial charge in [0.05, 0.1) is 25.2 Å². The van der Waals surface area contributed by atoms with Crippen LogP contribution in [0.4, 0.5) is 0 Å². The molecule has 3 fully saturated rings. The first kappa shape index (κ1) is 20.8. The molecule has 4 atom stereocenters. The number of rotatable bonds is 5. The van der Waals surface area contributed by atoms with Gasteiger partial charge in [-0.1, -0.05) is 42.5 Å². The molecule has 1 spiro atoms. The molecule has 1 aliphatic heterocycles. The molecule has 7 heteroatoms. The number of imide groups is 1. The normalized spacial score (nSPS) is 28.9. The Morgan fingerprint density at radius 1 is 1.00 bits per heavy atom. The molecule has 0 unspecified atom stereocenters. The van der Waals surface area contributed by atoms with Crippen LogP contribution in [-0.4, -0.2) is 23.0 Å². The molecule has 32 heavy (non-hydrogen) atoms. The Labute approximate surface area is 213 Å². The molecule has 0 N–H and O–H groups in total. The molecule has 1 saturated heterocycles. The average molecular weight is 650 g/mol. The van der Waals surface area contributed by atoms with Crippen LogP contribution in [0.2, 0.25) is 0 Å². The second kappa shape index (κ2) is 7.65. The van der Waals surface area contributed by atoms with Gasteiger partial charge in [-0.3, -0.25) is 9.59 Å². The predicted molar refractivity (Wildman–Crippen MR) is 137 cm³/mol. The van der Waals surface area contributed by atoms with E-state index in [2.05, 4.69) is 62.4 Å². The first-order valence-corrected chi connectivity index (χ1v) is 12.9. The average Bonchev–Trinajstić information content (AvgIpc) is 3.38. The monoisotopic (exact) mass is 650 g/mol. The van der Waals surface area contributed by atoms with Crippen molar-refractivity contribution in [2.24, 2.45) is 34.2 Å². The Kier molecular flexibility index (Phi) is 4.98. The van der Waals surface area contributed by atoms with Gasteiger partial charge in [-0.15, -0.1) is 0 Å². The van der Waals surface area contributed by atoms with E-state index in [4.69, 9.17) is 4.74 Å². The summed E-state index contributed by atoms with van der Waals surface area (Å²) in [6.45, 7) is 0.498. The number of amides is 2. The second-order valence-electron chi connectivity index (χ2n) is 9.04. The smallest absolute Gasteiger partial charge is 0.254 e. The molecule has 0 aromatic heterocycles. The summed E-state index contributed by atoms with van der Waals surface area (Å²) in [6, 6.07) is 14.0. The second-order valence-corrected chi connectivity index (χ2v) is 11.4. The van der Waals surface area contributed by atoms with Gasteiger partial charge in [0.15, 0.2) is 0 Å². The standard InChI is InChI=1S/C25H20I2N2O3/c26-18-10-15(11-19(27)22(18)32-13-14-4-2-1-3-5-14)12-28-29-23(30)20-16-6-7-17(21(20)24(29)31)25(16)8-9-25/h1-7,10-12,16-17,20-21H,8-9,13H2/b28-12-/t16-,17-,20-,21+/m1/s1. The highest BCUT2D eigenvalue weighted by atomic mass is 127. The van der Waals surface area contributed by atoms with Crippen molar-refractivity contribution in [3.8, 4) is 5.75 Å². The van der Waals surface area contributed by atoms with Gasteiger partial charge >= 0.3 is 0 Å². The first-order chi connectivity index (χ1) is 15.5. The third-order valence-electron chi connectivity index (χ3n) is 7.40. The summed E-state index contributed by atoms with van der Waals surface area (Å²) in [4.78, 5) is 26.1. The van der Waals surface area contributed by atoms with Gasteiger partial charge in [0, 0.05) is 0 Å². The van der Waals surface area contributed by atoms with Crippen molar-refractivity contribution < 1.29 is 14.3 Å². The molecule has 4 aliphatic rings. The molecule has 2 amide bonds. The highest BCUT2D eigenvalue weighted by Crippen LogP contribution is 2.73. The number of halogens is 2.